The van der Waals surface area contributed by atoms with Gasteiger partial charge in [0.15, 0.2) is 0 Å². The van der Waals surface area contributed by atoms with Crippen molar-refractivity contribution in [1.82, 2.24) is 0 Å². The molecule has 0 fully saturated rings. The Labute approximate surface area is 123 Å². The molecule has 0 spiro atoms. The molecule has 7 heteroatoms. The van der Waals surface area contributed by atoms with Crippen molar-refractivity contribution < 1.29 is 19.2 Å². The van der Waals surface area contributed by atoms with Crippen molar-refractivity contribution in [2.75, 3.05) is 0 Å². The van der Waals surface area contributed by atoms with Crippen LogP contribution in [0.25, 0.3) is 0 Å². The number of nitro benzene ring substituents is 1. The fourth-order valence-corrected chi connectivity index (χ4v) is 2.57. The Balaban J connectivity index is 2.32. The monoisotopic (exact) mass is 307 g/mol. The van der Waals surface area contributed by atoms with E-state index in [9.17, 15) is 19.3 Å². The lowest BCUT2D eigenvalue weighted by Crippen LogP contribution is -1.99. The number of benzene rings is 2. The van der Waals surface area contributed by atoms with Crippen LogP contribution in [0.5, 0.6) is 0 Å². The van der Waals surface area contributed by atoms with Crippen LogP contribution in [0.2, 0.25) is 0 Å². The van der Waals surface area contributed by atoms with Gasteiger partial charge in [0.05, 0.1) is 16.6 Å². The van der Waals surface area contributed by atoms with E-state index in [1.165, 1.54) is 18.2 Å². The molecule has 0 radical (unpaired) electrons. The molecule has 0 aliphatic heterocycles. The van der Waals surface area contributed by atoms with Gasteiger partial charge >= 0.3 is 5.97 Å². The number of aromatic carboxylic acids is 1. The van der Waals surface area contributed by atoms with Crippen molar-refractivity contribution >= 4 is 23.4 Å². The fourth-order valence-electron chi connectivity index (χ4n) is 1.71. The largest absolute Gasteiger partial charge is 0.478 e. The molecule has 2 rings (SSSR count). The van der Waals surface area contributed by atoms with Gasteiger partial charge in [0.1, 0.15) is 5.82 Å². The predicted molar refractivity (Wildman–Crippen MR) is 75.3 cm³/mol. The number of nitro groups is 1. The van der Waals surface area contributed by atoms with E-state index < -0.39 is 16.7 Å². The second kappa shape index (κ2) is 5.92. The molecule has 0 saturated carbocycles. The van der Waals surface area contributed by atoms with Crippen LogP contribution in [0.4, 0.5) is 10.1 Å². The molecule has 0 atom stereocenters. The number of carboxylic acids is 1. The minimum atomic E-state index is -1.06. The third kappa shape index (κ3) is 3.38. The summed E-state index contributed by atoms with van der Waals surface area (Å²) in [6.45, 7) is 1.67. The van der Waals surface area contributed by atoms with E-state index in [0.717, 1.165) is 17.8 Å². The summed E-state index contributed by atoms with van der Waals surface area (Å²) in [4.78, 5) is 21.7. The minimum absolute atomic E-state index is 0.141. The summed E-state index contributed by atoms with van der Waals surface area (Å²) in [6, 6.07) is 8.11. The molecule has 2 aromatic carbocycles. The summed E-state index contributed by atoms with van der Waals surface area (Å²) in [5, 5.41) is 19.6. The van der Waals surface area contributed by atoms with Crippen molar-refractivity contribution in [3.8, 4) is 0 Å². The zero-order valence-corrected chi connectivity index (χ0v) is 11.7. The van der Waals surface area contributed by atoms with E-state index in [4.69, 9.17) is 5.11 Å². The summed E-state index contributed by atoms with van der Waals surface area (Å²) in [5.74, 6) is -1.77. The Bertz CT molecular complexity index is 733. The van der Waals surface area contributed by atoms with Gasteiger partial charge in [0.25, 0.3) is 5.69 Å². The highest BCUT2D eigenvalue weighted by molar-refractivity contribution is 7.99. The highest BCUT2D eigenvalue weighted by Gasteiger charge is 2.13. The van der Waals surface area contributed by atoms with E-state index in [0.29, 0.717) is 10.5 Å². The van der Waals surface area contributed by atoms with Crippen LogP contribution in [0.3, 0.4) is 0 Å². The maximum Gasteiger partial charge on any atom is 0.335 e. The molecule has 0 bridgehead atoms. The molecule has 0 aliphatic rings. The highest BCUT2D eigenvalue weighted by atomic mass is 32.2. The van der Waals surface area contributed by atoms with Gasteiger partial charge in [-0.2, -0.15) is 0 Å². The third-order valence-corrected chi connectivity index (χ3v) is 3.83. The molecule has 0 unspecified atom stereocenters. The number of carbonyl (C=O) groups is 1. The van der Waals surface area contributed by atoms with Gasteiger partial charge in [-0.05, 0) is 30.7 Å². The third-order valence-electron chi connectivity index (χ3n) is 2.79. The van der Waals surface area contributed by atoms with Crippen LogP contribution < -0.4 is 0 Å². The number of hydrogen-bond donors (Lipinski definition) is 1. The second-order valence-electron chi connectivity index (χ2n) is 4.26. The number of halogens is 1. The normalized spacial score (nSPS) is 10.4. The standard InChI is InChI=1S/C14H10FNO4S/c1-8-2-4-10(7-11(8)14(17)18)21-13-5-3-9(16(19)20)6-12(13)15/h2-7H,1H3,(H,17,18). The molecule has 108 valence electrons. The maximum absolute atomic E-state index is 13.8. The molecule has 21 heavy (non-hydrogen) atoms. The van der Waals surface area contributed by atoms with Gasteiger partial charge in [0, 0.05) is 15.9 Å². The van der Waals surface area contributed by atoms with Gasteiger partial charge in [-0.3, -0.25) is 10.1 Å². The number of nitrogens with zero attached hydrogens (tertiary/aromatic N) is 1. The molecular formula is C14H10FNO4S. The Morgan fingerprint density at radius 2 is 2.00 bits per heavy atom. The summed E-state index contributed by atoms with van der Waals surface area (Å²) in [5.41, 5.74) is 0.422. The zero-order chi connectivity index (χ0) is 15.6. The first-order valence-corrected chi connectivity index (χ1v) is 6.66. The Hall–Kier alpha value is -2.41. The van der Waals surface area contributed by atoms with Crippen molar-refractivity contribution in [3.63, 3.8) is 0 Å². The lowest BCUT2D eigenvalue weighted by atomic mass is 10.1. The van der Waals surface area contributed by atoms with Crippen molar-refractivity contribution in [2.24, 2.45) is 0 Å². The van der Waals surface area contributed by atoms with E-state index >= 15 is 0 Å². The quantitative estimate of drug-likeness (QED) is 0.684. The number of hydrogen-bond acceptors (Lipinski definition) is 4. The Kier molecular flexibility index (Phi) is 4.23. The number of non-ortho nitro benzene ring substituents is 1. The van der Waals surface area contributed by atoms with Gasteiger partial charge in [-0.1, -0.05) is 17.8 Å². The molecule has 0 aliphatic carbocycles. The van der Waals surface area contributed by atoms with Gasteiger partial charge < -0.3 is 5.11 Å². The molecule has 0 saturated heterocycles. The van der Waals surface area contributed by atoms with Crippen LogP contribution in [0, 0.1) is 22.9 Å². The zero-order valence-electron chi connectivity index (χ0n) is 10.9. The first-order chi connectivity index (χ1) is 9.88. The number of carboxylic acid groups (broad SMARTS) is 1. The fraction of sp³-hybridized carbons (Fsp3) is 0.0714. The van der Waals surface area contributed by atoms with E-state index in [1.807, 2.05) is 0 Å². The maximum atomic E-state index is 13.8. The summed E-state index contributed by atoms with van der Waals surface area (Å²) < 4.78 is 13.8. The summed E-state index contributed by atoms with van der Waals surface area (Å²) in [6.07, 6.45) is 0. The minimum Gasteiger partial charge on any atom is -0.478 e. The van der Waals surface area contributed by atoms with Crippen molar-refractivity contribution in [3.05, 3.63) is 63.5 Å². The molecular weight excluding hydrogens is 297 g/mol. The summed E-state index contributed by atoms with van der Waals surface area (Å²) >= 11 is 1.01. The molecule has 0 amide bonds. The first kappa shape index (κ1) is 15.0. The predicted octanol–water partition coefficient (Wildman–Crippen LogP) is 3.89. The van der Waals surface area contributed by atoms with Crippen LogP contribution in [-0.2, 0) is 0 Å². The van der Waals surface area contributed by atoms with Gasteiger partial charge in [-0.15, -0.1) is 0 Å². The SMILES string of the molecule is Cc1ccc(Sc2ccc([N+](=O)[O-])cc2F)cc1C(=O)O. The van der Waals surface area contributed by atoms with Crippen LogP contribution in [0.1, 0.15) is 15.9 Å². The first-order valence-electron chi connectivity index (χ1n) is 5.84. The second-order valence-corrected chi connectivity index (χ2v) is 5.37. The molecule has 2 aromatic rings. The molecule has 1 N–H and O–H groups in total. The van der Waals surface area contributed by atoms with Gasteiger partial charge in [-0.25, -0.2) is 9.18 Å². The van der Waals surface area contributed by atoms with E-state index in [1.54, 1.807) is 19.1 Å². The molecule has 0 aromatic heterocycles. The van der Waals surface area contributed by atoms with Crippen LogP contribution >= 0.6 is 11.8 Å². The Morgan fingerprint density at radius 3 is 2.57 bits per heavy atom. The highest BCUT2D eigenvalue weighted by Crippen LogP contribution is 2.32. The smallest absolute Gasteiger partial charge is 0.335 e. The number of aryl methyl sites for hydroxylation is 1. The lowest BCUT2D eigenvalue weighted by Gasteiger charge is -2.06. The average Bonchev–Trinajstić information content (AvgIpc) is 2.42. The van der Waals surface area contributed by atoms with Crippen LogP contribution in [0.15, 0.2) is 46.2 Å². The molecule has 5 nitrogen and oxygen atoms in total. The number of rotatable bonds is 4. The molecule has 0 heterocycles. The van der Waals surface area contributed by atoms with Gasteiger partial charge in [0.2, 0.25) is 0 Å². The van der Waals surface area contributed by atoms with E-state index in [2.05, 4.69) is 0 Å². The topological polar surface area (TPSA) is 80.4 Å². The van der Waals surface area contributed by atoms with Crippen molar-refractivity contribution in [1.29, 1.82) is 0 Å². The van der Waals surface area contributed by atoms with Crippen LogP contribution in [-0.4, -0.2) is 16.0 Å². The average molecular weight is 307 g/mol. The Morgan fingerprint density at radius 1 is 1.29 bits per heavy atom. The summed E-state index contributed by atoms with van der Waals surface area (Å²) in [7, 11) is 0. The van der Waals surface area contributed by atoms with E-state index in [-0.39, 0.29) is 16.1 Å². The lowest BCUT2D eigenvalue weighted by molar-refractivity contribution is -0.385. The van der Waals surface area contributed by atoms with Crippen molar-refractivity contribution in [2.45, 2.75) is 16.7 Å².